The molecule has 0 spiro atoms. The fraction of sp³-hybridized carbons (Fsp3) is 0.652. The van der Waals surface area contributed by atoms with Crippen molar-refractivity contribution in [3.05, 3.63) is 29.8 Å². The lowest BCUT2D eigenvalue weighted by atomic mass is 9.99. The molecule has 158 valence electrons. The van der Waals surface area contributed by atoms with E-state index >= 15 is 0 Å². The van der Waals surface area contributed by atoms with Gasteiger partial charge >= 0.3 is 5.97 Å². The van der Waals surface area contributed by atoms with Crippen molar-refractivity contribution in [1.82, 2.24) is 0 Å². The molecule has 1 aromatic carbocycles. The molecule has 1 aromatic rings. The van der Waals surface area contributed by atoms with Crippen LogP contribution in [-0.4, -0.2) is 28.6 Å². The largest absolute Gasteiger partial charge is 0.459 e. The van der Waals surface area contributed by atoms with Crippen molar-refractivity contribution < 1.29 is 14.3 Å². The molecular formula is C23H37NO3S. The van der Waals surface area contributed by atoms with Gasteiger partial charge in [0.25, 0.3) is 0 Å². The SMILES string of the molecule is CCCCCCC(=O)CC(C)(Sc1ccc(CCN)cc1)C(=O)OC(C)(C)C. The first-order valence-corrected chi connectivity index (χ1v) is 11.1. The molecule has 0 saturated carbocycles. The Kier molecular flexibility index (Phi) is 10.3. The minimum atomic E-state index is -0.940. The third-order valence-electron chi connectivity index (χ3n) is 4.37. The molecule has 0 aliphatic carbocycles. The molecule has 0 aromatic heterocycles. The van der Waals surface area contributed by atoms with Gasteiger partial charge in [-0.3, -0.25) is 9.59 Å². The summed E-state index contributed by atoms with van der Waals surface area (Å²) < 4.78 is 4.71. The summed E-state index contributed by atoms with van der Waals surface area (Å²) in [4.78, 5) is 26.5. The van der Waals surface area contributed by atoms with Crippen molar-refractivity contribution in [1.29, 1.82) is 0 Å². The van der Waals surface area contributed by atoms with E-state index in [0.29, 0.717) is 13.0 Å². The van der Waals surface area contributed by atoms with Crippen LogP contribution >= 0.6 is 11.8 Å². The minimum absolute atomic E-state index is 0.122. The van der Waals surface area contributed by atoms with Gasteiger partial charge in [-0.15, -0.1) is 11.8 Å². The lowest BCUT2D eigenvalue weighted by Gasteiger charge is -2.30. The number of thioether (sulfide) groups is 1. The van der Waals surface area contributed by atoms with Crippen LogP contribution in [0.15, 0.2) is 29.2 Å². The number of rotatable bonds is 12. The summed E-state index contributed by atoms with van der Waals surface area (Å²) in [6, 6.07) is 8.03. The summed E-state index contributed by atoms with van der Waals surface area (Å²) in [6.45, 7) is 10.1. The number of carbonyl (C=O) groups is 2. The van der Waals surface area contributed by atoms with E-state index in [2.05, 4.69) is 6.92 Å². The highest BCUT2D eigenvalue weighted by Gasteiger charge is 2.40. The van der Waals surface area contributed by atoms with Crippen LogP contribution in [0.5, 0.6) is 0 Å². The molecule has 5 heteroatoms. The lowest BCUT2D eigenvalue weighted by Crippen LogP contribution is -2.40. The number of ether oxygens (including phenoxy) is 1. The number of nitrogens with two attached hydrogens (primary N) is 1. The molecule has 28 heavy (non-hydrogen) atoms. The van der Waals surface area contributed by atoms with Crippen molar-refractivity contribution in [3.8, 4) is 0 Å². The Morgan fingerprint density at radius 1 is 1.04 bits per heavy atom. The van der Waals surface area contributed by atoms with E-state index in [-0.39, 0.29) is 18.2 Å². The summed E-state index contributed by atoms with van der Waals surface area (Å²) >= 11 is 1.41. The Labute approximate surface area is 175 Å². The standard InChI is InChI=1S/C23H37NO3S/c1-6-7-8-9-10-19(25)17-23(5,21(26)27-22(2,3)4)28-20-13-11-18(12-14-20)15-16-24/h11-14H,6-10,15-17,24H2,1-5H3. The van der Waals surface area contributed by atoms with E-state index in [1.807, 2.05) is 52.0 Å². The van der Waals surface area contributed by atoms with Crippen molar-refractivity contribution >= 4 is 23.5 Å². The summed E-state index contributed by atoms with van der Waals surface area (Å²) in [5, 5.41) is 0. The van der Waals surface area contributed by atoms with E-state index in [1.54, 1.807) is 0 Å². The highest BCUT2D eigenvalue weighted by Crippen LogP contribution is 2.38. The van der Waals surface area contributed by atoms with E-state index in [0.717, 1.165) is 42.6 Å². The molecule has 0 fully saturated rings. The number of carbonyl (C=O) groups excluding carboxylic acids is 2. The first-order valence-electron chi connectivity index (χ1n) is 10.3. The van der Waals surface area contributed by atoms with Crippen molar-refractivity contribution in [3.63, 3.8) is 0 Å². The third-order valence-corrected chi connectivity index (χ3v) is 5.64. The topological polar surface area (TPSA) is 69.4 Å². The van der Waals surface area contributed by atoms with Crippen molar-refractivity contribution in [2.24, 2.45) is 5.73 Å². The van der Waals surface area contributed by atoms with Gasteiger partial charge in [0.1, 0.15) is 16.1 Å². The van der Waals surface area contributed by atoms with E-state index in [4.69, 9.17) is 10.5 Å². The van der Waals surface area contributed by atoms with Gasteiger partial charge in [-0.2, -0.15) is 0 Å². The van der Waals surface area contributed by atoms with E-state index in [1.165, 1.54) is 11.8 Å². The predicted octanol–water partition coefficient (Wildman–Crippen LogP) is 5.31. The van der Waals surface area contributed by atoms with Crippen LogP contribution in [-0.2, 0) is 20.7 Å². The van der Waals surface area contributed by atoms with E-state index in [9.17, 15) is 9.59 Å². The van der Waals surface area contributed by atoms with E-state index < -0.39 is 10.3 Å². The number of unbranched alkanes of at least 4 members (excludes halogenated alkanes) is 3. The Morgan fingerprint density at radius 3 is 2.21 bits per heavy atom. The molecule has 4 nitrogen and oxygen atoms in total. The zero-order chi connectivity index (χ0) is 21.2. The van der Waals surface area contributed by atoms with Crippen LogP contribution in [0.4, 0.5) is 0 Å². The molecule has 0 saturated heterocycles. The molecular weight excluding hydrogens is 370 g/mol. The number of ketones is 1. The summed E-state index contributed by atoms with van der Waals surface area (Å²) in [5.74, 6) is -0.213. The first-order chi connectivity index (χ1) is 13.1. The van der Waals surface area contributed by atoms with Crippen LogP contribution < -0.4 is 5.73 Å². The van der Waals surface area contributed by atoms with Crippen LogP contribution in [0.25, 0.3) is 0 Å². The maximum Gasteiger partial charge on any atom is 0.323 e. The molecule has 0 aliphatic heterocycles. The monoisotopic (exact) mass is 407 g/mol. The molecule has 1 unspecified atom stereocenters. The second-order valence-electron chi connectivity index (χ2n) is 8.54. The Balaban J connectivity index is 2.90. The zero-order valence-corrected chi connectivity index (χ0v) is 19.0. The van der Waals surface area contributed by atoms with Crippen LogP contribution in [0.3, 0.4) is 0 Å². The van der Waals surface area contributed by atoms with Gasteiger partial charge in [-0.05, 0) is 64.8 Å². The number of Topliss-reactive ketones (excluding diaryl/α,β-unsaturated/α-hetero) is 1. The average Bonchev–Trinajstić information content (AvgIpc) is 2.59. The third kappa shape index (κ3) is 9.24. The summed E-state index contributed by atoms with van der Waals surface area (Å²) in [5.41, 5.74) is 6.18. The fourth-order valence-electron chi connectivity index (χ4n) is 2.90. The first kappa shape index (κ1) is 24.7. The predicted molar refractivity (Wildman–Crippen MR) is 118 cm³/mol. The summed E-state index contributed by atoms with van der Waals surface area (Å²) in [6.07, 6.45) is 5.75. The zero-order valence-electron chi connectivity index (χ0n) is 18.2. The quantitative estimate of drug-likeness (QED) is 0.289. The molecule has 0 bridgehead atoms. The average molecular weight is 408 g/mol. The second kappa shape index (κ2) is 11.6. The minimum Gasteiger partial charge on any atom is -0.459 e. The molecule has 0 radical (unpaired) electrons. The van der Waals surface area contributed by atoms with Crippen molar-refractivity contribution in [2.75, 3.05) is 6.54 Å². The Bertz CT molecular complexity index is 622. The van der Waals surface area contributed by atoms with Gasteiger partial charge in [0.2, 0.25) is 0 Å². The lowest BCUT2D eigenvalue weighted by molar-refractivity contribution is -0.158. The normalized spacial score (nSPS) is 13.8. The highest BCUT2D eigenvalue weighted by molar-refractivity contribution is 8.01. The number of hydrogen-bond acceptors (Lipinski definition) is 5. The number of esters is 1. The molecule has 0 aliphatic rings. The van der Waals surface area contributed by atoms with Gasteiger partial charge in [0, 0.05) is 17.7 Å². The molecule has 2 N–H and O–H groups in total. The molecule has 0 amide bonds. The van der Waals surface area contributed by atoms with Gasteiger partial charge in [0.15, 0.2) is 0 Å². The Morgan fingerprint density at radius 2 is 1.68 bits per heavy atom. The van der Waals surface area contributed by atoms with Crippen LogP contribution in [0, 0.1) is 0 Å². The second-order valence-corrected chi connectivity index (χ2v) is 10.1. The molecule has 0 heterocycles. The smallest absolute Gasteiger partial charge is 0.323 e. The highest BCUT2D eigenvalue weighted by atomic mass is 32.2. The molecule has 1 rings (SSSR count). The Hall–Kier alpha value is -1.33. The fourth-order valence-corrected chi connectivity index (χ4v) is 4.05. The number of hydrogen-bond donors (Lipinski definition) is 1. The summed E-state index contributed by atoms with van der Waals surface area (Å²) in [7, 11) is 0. The van der Waals surface area contributed by atoms with Gasteiger partial charge in [0.05, 0.1) is 0 Å². The van der Waals surface area contributed by atoms with Crippen molar-refractivity contribution in [2.45, 2.75) is 94.8 Å². The number of benzene rings is 1. The maximum atomic E-state index is 13.0. The van der Waals surface area contributed by atoms with Gasteiger partial charge < -0.3 is 10.5 Å². The molecule has 1 atom stereocenters. The van der Waals surface area contributed by atoms with Gasteiger partial charge in [-0.1, -0.05) is 38.3 Å². The maximum absolute atomic E-state index is 13.0. The van der Waals surface area contributed by atoms with Gasteiger partial charge in [-0.25, -0.2) is 0 Å². The van der Waals surface area contributed by atoms with Crippen LogP contribution in [0.2, 0.25) is 0 Å². The van der Waals surface area contributed by atoms with Crippen LogP contribution in [0.1, 0.15) is 78.7 Å².